The van der Waals surface area contributed by atoms with Crippen molar-refractivity contribution in [3.63, 3.8) is 0 Å². The highest BCUT2D eigenvalue weighted by Crippen LogP contribution is 2.27. The molecule has 1 aliphatic carbocycles. The monoisotopic (exact) mass is 280 g/mol. The van der Waals surface area contributed by atoms with Crippen LogP contribution in [0.3, 0.4) is 0 Å². The van der Waals surface area contributed by atoms with Crippen molar-refractivity contribution in [3.8, 4) is 11.3 Å². The third-order valence-corrected chi connectivity index (χ3v) is 4.61. The summed E-state index contributed by atoms with van der Waals surface area (Å²) in [5.74, 6) is 0.812. The summed E-state index contributed by atoms with van der Waals surface area (Å²) in [7, 11) is 0. The van der Waals surface area contributed by atoms with Crippen molar-refractivity contribution in [3.05, 3.63) is 36.8 Å². The van der Waals surface area contributed by atoms with Gasteiger partial charge in [-0.25, -0.2) is 4.98 Å². The lowest BCUT2D eigenvalue weighted by Gasteiger charge is -2.22. The number of nitrogens with zero attached hydrogens (tertiary/aromatic N) is 3. The fourth-order valence-corrected chi connectivity index (χ4v) is 3.43. The molecule has 0 saturated heterocycles. The number of H-pyrrole nitrogens is 1. The SMILES string of the molecule is c1cc(-c2ccc3ncn(CC4CCCCC4)c3c2)[nH]n1. The number of aromatic nitrogens is 4. The average molecular weight is 280 g/mol. The van der Waals surface area contributed by atoms with Crippen LogP contribution in [0.25, 0.3) is 22.3 Å². The van der Waals surface area contributed by atoms with Crippen molar-refractivity contribution in [1.82, 2.24) is 19.7 Å². The smallest absolute Gasteiger partial charge is 0.0958 e. The van der Waals surface area contributed by atoms with E-state index in [1.54, 1.807) is 6.20 Å². The van der Waals surface area contributed by atoms with Crippen LogP contribution < -0.4 is 0 Å². The summed E-state index contributed by atoms with van der Waals surface area (Å²) in [4.78, 5) is 4.54. The molecule has 2 heterocycles. The molecular weight excluding hydrogens is 260 g/mol. The third-order valence-electron chi connectivity index (χ3n) is 4.61. The Hall–Kier alpha value is -2.10. The molecule has 3 aromatic rings. The Morgan fingerprint density at radius 1 is 1.14 bits per heavy atom. The van der Waals surface area contributed by atoms with Gasteiger partial charge in [-0.2, -0.15) is 5.10 Å². The number of hydrogen-bond acceptors (Lipinski definition) is 2. The van der Waals surface area contributed by atoms with Crippen molar-refractivity contribution < 1.29 is 0 Å². The summed E-state index contributed by atoms with van der Waals surface area (Å²) in [6.07, 6.45) is 10.7. The molecule has 0 radical (unpaired) electrons. The highest BCUT2D eigenvalue weighted by Gasteiger charge is 2.15. The first-order valence-electron chi connectivity index (χ1n) is 7.85. The number of fused-ring (bicyclic) bond motifs is 1. The molecule has 4 heteroatoms. The molecule has 1 aromatic carbocycles. The maximum atomic E-state index is 4.54. The maximum absolute atomic E-state index is 4.54. The minimum absolute atomic E-state index is 0.812. The fourth-order valence-electron chi connectivity index (χ4n) is 3.43. The van der Waals surface area contributed by atoms with Gasteiger partial charge in [0.2, 0.25) is 0 Å². The van der Waals surface area contributed by atoms with Crippen LogP contribution in [-0.2, 0) is 6.54 Å². The highest BCUT2D eigenvalue weighted by molar-refractivity contribution is 5.81. The van der Waals surface area contributed by atoms with Crippen molar-refractivity contribution in [2.75, 3.05) is 0 Å². The predicted molar refractivity (Wildman–Crippen MR) is 83.9 cm³/mol. The normalized spacial score (nSPS) is 16.6. The van der Waals surface area contributed by atoms with Crippen LogP contribution in [0.5, 0.6) is 0 Å². The number of hydrogen-bond donors (Lipinski definition) is 1. The molecule has 0 unspecified atom stereocenters. The standard InChI is InChI=1S/C17H20N4/c1-2-4-13(5-3-1)11-21-12-18-16-7-6-14(10-17(16)21)15-8-9-19-20-15/h6-10,12-13H,1-5,11H2,(H,19,20). The third kappa shape index (κ3) is 2.46. The summed E-state index contributed by atoms with van der Waals surface area (Å²) in [5.41, 5.74) is 4.54. The quantitative estimate of drug-likeness (QED) is 0.788. The Balaban J connectivity index is 1.67. The average Bonchev–Trinajstić information content (AvgIpc) is 3.18. The first kappa shape index (κ1) is 12.6. The lowest BCUT2D eigenvalue weighted by molar-refractivity contribution is 0.322. The highest BCUT2D eigenvalue weighted by atomic mass is 15.1. The molecule has 4 nitrogen and oxygen atoms in total. The topological polar surface area (TPSA) is 46.5 Å². The zero-order valence-electron chi connectivity index (χ0n) is 12.1. The van der Waals surface area contributed by atoms with E-state index in [0.717, 1.165) is 23.7 Å². The van der Waals surface area contributed by atoms with Gasteiger partial charge in [0.1, 0.15) is 0 Å². The molecule has 0 aliphatic heterocycles. The summed E-state index contributed by atoms with van der Waals surface area (Å²) in [6, 6.07) is 8.43. The van der Waals surface area contributed by atoms with Gasteiger partial charge in [-0.15, -0.1) is 0 Å². The number of aromatic amines is 1. The first-order chi connectivity index (χ1) is 10.4. The predicted octanol–water partition coefficient (Wildman–Crippen LogP) is 4.01. The number of benzene rings is 1. The second kappa shape index (κ2) is 5.35. The van der Waals surface area contributed by atoms with Gasteiger partial charge >= 0.3 is 0 Å². The molecule has 2 aromatic heterocycles. The number of nitrogens with one attached hydrogen (secondary N) is 1. The van der Waals surface area contributed by atoms with E-state index in [2.05, 4.69) is 37.9 Å². The molecule has 1 N–H and O–H groups in total. The van der Waals surface area contributed by atoms with E-state index in [1.165, 1.54) is 43.2 Å². The summed E-state index contributed by atoms with van der Waals surface area (Å²) >= 11 is 0. The maximum Gasteiger partial charge on any atom is 0.0958 e. The molecule has 4 rings (SSSR count). The van der Waals surface area contributed by atoms with E-state index in [4.69, 9.17) is 0 Å². The van der Waals surface area contributed by atoms with E-state index in [0.29, 0.717) is 0 Å². The molecule has 0 amide bonds. The summed E-state index contributed by atoms with van der Waals surface area (Å²) in [6.45, 7) is 1.10. The van der Waals surface area contributed by atoms with Gasteiger partial charge in [0.25, 0.3) is 0 Å². The molecule has 21 heavy (non-hydrogen) atoms. The van der Waals surface area contributed by atoms with Crippen LogP contribution in [0.4, 0.5) is 0 Å². The Bertz CT molecular complexity index is 720. The van der Waals surface area contributed by atoms with Gasteiger partial charge in [0.05, 0.1) is 23.1 Å². The molecule has 1 saturated carbocycles. The first-order valence-corrected chi connectivity index (χ1v) is 7.85. The number of imidazole rings is 1. The van der Waals surface area contributed by atoms with Gasteiger partial charge in [0, 0.05) is 18.3 Å². The minimum atomic E-state index is 0.812. The van der Waals surface area contributed by atoms with Crippen LogP contribution >= 0.6 is 0 Å². The van der Waals surface area contributed by atoms with E-state index in [1.807, 2.05) is 12.4 Å². The molecule has 1 aliphatic rings. The molecule has 0 bridgehead atoms. The number of rotatable bonds is 3. The van der Waals surface area contributed by atoms with Crippen LogP contribution in [0.2, 0.25) is 0 Å². The van der Waals surface area contributed by atoms with E-state index < -0.39 is 0 Å². The zero-order valence-corrected chi connectivity index (χ0v) is 12.1. The van der Waals surface area contributed by atoms with E-state index in [9.17, 15) is 0 Å². The van der Waals surface area contributed by atoms with Crippen LogP contribution in [0.1, 0.15) is 32.1 Å². The molecule has 0 spiro atoms. The van der Waals surface area contributed by atoms with Crippen molar-refractivity contribution >= 4 is 11.0 Å². The van der Waals surface area contributed by atoms with Crippen LogP contribution in [-0.4, -0.2) is 19.7 Å². The van der Waals surface area contributed by atoms with Gasteiger partial charge < -0.3 is 4.57 Å². The Morgan fingerprint density at radius 2 is 2.05 bits per heavy atom. The lowest BCUT2D eigenvalue weighted by Crippen LogP contribution is -2.13. The van der Waals surface area contributed by atoms with E-state index in [-0.39, 0.29) is 0 Å². The van der Waals surface area contributed by atoms with Gasteiger partial charge in [-0.1, -0.05) is 25.3 Å². The van der Waals surface area contributed by atoms with Crippen molar-refractivity contribution in [2.24, 2.45) is 5.92 Å². The lowest BCUT2D eigenvalue weighted by atomic mass is 9.89. The second-order valence-corrected chi connectivity index (χ2v) is 6.07. The van der Waals surface area contributed by atoms with E-state index >= 15 is 0 Å². The molecular formula is C17H20N4. The van der Waals surface area contributed by atoms with Crippen molar-refractivity contribution in [1.29, 1.82) is 0 Å². The Kier molecular flexibility index (Phi) is 3.22. The van der Waals surface area contributed by atoms with Gasteiger partial charge in [-0.3, -0.25) is 5.10 Å². The van der Waals surface area contributed by atoms with Crippen LogP contribution in [0, 0.1) is 5.92 Å². The minimum Gasteiger partial charge on any atom is -0.330 e. The largest absolute Gasteiger partial charge is 0.330 e. The summed E-state index contributed by atoms with van der Waals surface area (Å²) < 4.78 is 2.32. The summed E-state index contributed by atoms with van der Waals surface area (Å²) in [5, 5.41) is 7.07. The molecule has 1 fully saturated rings. The van der Waals surface area contributed by atoms with Crippen molar-refractivity contribution in [2.45, 2.75) is 38.6 Å². The Labute approximate surface area is 124 Å². The molecule has 108 valence electrons. The van der Waals surface area contributed by atoms with Crippen LogP contribution in [0.15, 0.2) is 36.8 Å². The zero-order chi connectivity index (χ0) is 14.1. The Morgan fingerprint density at radius 3 is 2.86 bits per heavy atom. The van der Waals surface area contributed by atoms with Gasteiger partial charge in [-0.05, 0) is 37.0 Å². The molecule has 0 atom stereocenters. The fraction of sp³-hybridized carbons (Fsp3) is 0.412. The second-order valence-electron chi connectivity index (χ2n) is 6.07. The van der Waals surface area contributed by atoms with Gasteiger partial charge in [0.15, 0.2) is 0 Å².